The van der Waals surface area contributed by atoms with Crippen molar-refractivity contribution < 1.29 is 13.5 Å². The molecule has 1 aliphatic rings. The molecule has 1 saturated heterocycles. The van der Waals surface area contributed by atoms with Crippen molar-refractivity contribution in [3.63, 3.8) is 0 Å². The topological polar surface area (TPSA) is 87.1 Å². The Morgan fingerprint density at radius 3 is 2.44 bits per heavy atom. The van der Waals surface area contributed by atoms with E-state index in [1.54, 1.807) is 23.7 Å². The van der Waals surface area contributed by atoms with Crippen molar-refractivity contribution >= 4 is 28.4 Å². The van der Waals surface area contributed by atoms with Gasteiger partial charge in [0, 0.05) is 68.2 Å². The minimum atomic E-state index is -0.822. The summed E-state index contributed by atoms with van der Waals surface area (Å²) < 4.78 is 37.6. The number of aryl methyl sites for hydroxylation is 3. The first kappa shape index (κ1) is 22.1. The molecule has 0 spiro atoms. The molecular formula is C23H26F2N8O. The lowest BCUT2D eigenvalue weighted by atomic mass is 10.2. The highest BCUT2D eigenvalue weighted by atomic mass is 19.1. The minimum absolute atomic E-state index is 0.156. The maximum absolute atomic E-state index is 15.3. The van der Waals surface area contributed by atoms with Crippen LogP contribution in [0.4, 0.5) is 26.2 Å². The van der Waals surface area contributed by atoms with Crippen LogP contribution < -0.4 is 15.0 Å². The average molecular weight is 469 g/mol. The minimum Gasteiger partial charge on any atom is -0.418 e. The fourth-order valence-corrected chi connectivity index (χ4v) is 4.03. The number of nitrogens with zero attached hydrogens (tertiary/aromatic N) is 6. The van der Waals surface area contributed by atoms with Crippen LogP contribution in [0.3, 0.4) is 0 Å². The number of hydrogen-bond acceptors (Lipinski definition) is 7. The molecule has 0 unspecified atom stereocenters. The lowest BCUT2D eigenvalue weighted by Crippen LogP contribution is -2.44. The summed E-state index contributed by atoms with van der Waals surface area (Å²) in [5.41, 5.74) is 2.13. The van der Waals surface area contributed by atoms with Gasteiger partial charge < -0.3 is 24.4 Å². The SMILES string of the molecule is Cc1cc(Nc2cc(N3CCN(C)CC3)nc(Oc3c(F)cc4c(cc(C)n4C)c3F)n2)n[nH]1. The summed E-state index contributed by atoms with van der Waals surface area (Å²) in [6.07, 6.45) is 0. The van der Waals surface area contributed by atoms with Crippen molar-refractivity contribution in [1.29, 1.82) is 0 Å². The number of anilines is 3. The van der Waals surface area contributed by atoms with Crippen molar-refractivity contribution in [2.45, 2.75) is 13.8 Å². The summed E-state index contributed by atoms with van der Waals surface area (Å²) in [6, 6.07) is 6.36. The highest BCUT2D eigenvalue weighted by Crippen LogP contribution is 2.34. The van der Waals surface area contributed by atoms with Gasteiger partial charge >= 0.3 is 6.01 Å². The molecule has 9 nitrogen and oxygen atoms in total. The first-order valence-electron chi connectivity index (χ1n) is 11.0. The van der Waals surface area contributed by atoms with Gasteiger partial charge in [0.15, 0.2) is 17.5 Å². The van der Waals surface area contributed by atoms with Gasteiger partial charge in [-0.05, 0) is 27.0 Å². The van der Waals surface area contributed by atoms with Gasteiger partial charge in [0.25, 0.3) is 0 Å². The second kappa shape index (κ2) is 8.56. The number of rotatable bonds is 5. The first-order chi connectivity index (χ1) is 16.3. The molecular weight excluding hydrogens is 442 g/mol. The zero-order chi connectivity index (χ0) is 24.0. The second-order valence-corrected chi connectivity index (χ2v) is 8.63. The molecule has 34 heavy (non-hydrogen) atoms. The Morgan fingerprint density at radius 1 is 0.971 bits per heavy atom. The number of H-pyrrole nitrogens is 1. The number of fused-ring (bicyclic) bond motifs is 1. The summed E-state index contributed by atoms with van der Waals surface area (Å²) in [6.45, 7) is 6.96. The molecule has 1 aliphatic heterocycles. The zero-order valence-electron chi connectivity index (χ0n) is 19.5. The summed E-state index contributed by atoms with van der Waals surface area (Å²) in [4.78, 5) is 13.1. The number of halogens is 2. The predicted molar refractivity (Wildman–Crippen MR) is 126 cm³/mol. The van der Waals surface area contributed by atoms with Gasteiger partial charge in [-0.2, -0.15) is 15.1 Å². The standard InChI is InChI=1S/C23H26F2N8O/c1-13-9-19(30-29-13)26-18-12-20(33-7-5-31(3)6-8-33)28-23(27-18)34-22-16(24)11-17-15(21(22)25)10-14(2)32(17)4/h9-12H,5-8H2,1-4H3,(H2,26,27,28,29,30). The van der Waals surface area contributed by atoms with Crippen LogP contribution in [0.15, 0.2) is 24.3 Å². The van der Waals surface area contributed by atoms with E-state index in [2.05, 4.69) is 42.3 Å². The molecule has 178 valence electrons. The molecule has 0 amide bonds. The average Bonchev–Trinajstić information content (AvgIpc) is 3.34. The van der Waals surface area contributed by atoms with Gasteiger partial charge in [-0.1, -0.05) is 0 Å². The Hall–Kier alpha value is -3.73. The van der Waals surface area contributed by atoms with E-state index in [-0.39, 0.29) is 11.4 Å². The third kappa shape index (κ3) is 4.14. The fourth-order valence-electron chi connectivity index (χ4n) is 4.03. The largest absolute Gasteiger partial charge is 0.418 e. The number of aromatic nitrogens is 5. The van der Waals surface area contributed by atoms with Crippen molar-refractivity contribution in [2.75, 3.05) is 43.4 Å². The van der Waals surface area contributed by atoms with Gasteiger partial charge in [0.2, 0.25) is 5.75 Å². The van der Waals surface area contributed by atoms with Crippen LogP contribution in [0.25, 0.3) is 10.9 Å². The van der Waals surface area contributed by atoms with E-state index in [9.17, 15) is 4.39 Å². The normalized spacial score (nSPS) is 14.7. The van der Waals surface area contributed by atoms with Gasteiger partial charge in [-0.3, -0.25) is 5.10 Å². The molecule has 0 radical (unpaired) electrons. The second-order valence-electron chi connectivity index (χ2n) is 8.63. The van der Waals surface area contributed by atoms with Crippen LogP contribution in [0.2, 0.25) is 0 Å². The lowest BCUT2D eigenvalue weighted by Gasteiger charge is -2.33. The Balaban J connectivity index is 1.53. The first-order valence-corrected chi connectivity index (χ1v) is 11.0. The van der Waals surface area contributed by atoms with Crippen molar-refractivity contribution in [3.8, 4) is 11.8 Å². The molecule has 11 heteroatoms. The molecule has 1 fully saturated rings. The van der Waals surface area contributed by atoms with Crippen molar-refractivity contribution in [3.05, 3.63) is 47.3 Å². The van der Waals surface area contributed by atoms with E-state index in [0.717, 1.165) is 37.6 Å². The van der Waals surface area contributed by atoms with Gasteiger partial charge in [-0.25, -0.2) is 8.78 Å². The molecule has 5 rings (SSSR count). The third-order valence-corrected chi connectivity index (χ3v) is 6.11. The third-order valence-electron chi connectivity index (χ3n) is 6.11. The molecule has 4 heterocycles. The van der Waals surface area contributed by atoms with Crippen LogP contribution in [-0.4, -0.2) is 62.9 Å². The number of benzene rings is 1. The Labute approximate surface area is 195 Å². The molecule has 0 atom stereocenters. The van der Waals surface area contributed by atoms with Crippen LogP contribution in [-0.2, 0) is 7.05 Å². The van der Waals surface area contributed by atoms with E-state index >= 15 is 4.39 Å². The van der Waals surface area contributed by atoms with Crippen LogP contribution in [0.1, 0.15) is 11.4 Å². The summed E-state index contributed by atoms with van der Waals surface area (Å²) in [5.74, 6) is -0.574. The molecule has 1 aromatic carbocycles. The lowest BCUT2D eigenvalue weighted by molar-refractivity contribution is 0.311. The van der Waals surface area contributed by atoms with Gasteiger partial charge in [0.1, 0.15) is 11.6 Å². The Kier molecular flexibility index (Phi) is 5.56. The quantitative estimate of drug-likeness (QED) is 0.460. The molecule has 2 N–H and O–H groups in total. The summed E-state index contributed by atoms with van der Waals surface area (Å²) in [5, 5.41) is 10.4. The molecule has 0 saturated carbocycles. The van der Waals surface area contributed by atoms with E-state index in [1.807, 2.05) is 19.9 Å². The van der Waals surface area contributed by atoms with Crippen LogP contribution in [0, 0.1) is 25.5 Å². The molecule has 4 aromatic rings. The van der Waals surface area contributed by atoms with Crippen molar-refractivity contribution in [1.82, 2.24) is 29.6 Å². The van der Waals surface area contributed by atoms with Gasteiger partial charge in [0.05, 0.1) is 5.52 Å². The molecule has 3 aromatic heterocycles. The zero-order valence-corrected chi connectivity index (χ0v) is 19.5. The Bertz CT molecular complexity index is 1360. The highest BCUT2D eigenvalue weighted by molar-refractivity contribution is 5.84. The van der Waals surface area contributed by atoms with Gasteiger partial charge in [-0.15, -0.1) is 0 Å². The number of hydrogen-bond donors (Lipinski definition) is 2. The van der Waals surface area contributed by atoms with Crippen LogP contribution in [0.5, 0.6) is 11.8 Å². The van der Waals surface area contributed by atoms with E-state index in [4.69, 9.17) is 4.74 Å². The maximum atomic E-state index is 15.3. The van der Waals surface area contributed by atoms with Crippen molar-refractivity contribution in [2.24, 2.45) is 7.05 Å². The maximum Gasteiger partial charge on any atom is 0.326 e. The highest BCUT2D eigenvalue weighted by Gasteiger charge is 2.22. The summed E-state index contributed by atoms with van der Waals surface area (Å²) >= 11 is 0. The molecule has 0 bridgehead atoms. The van der Waals surface area contributed by atoms with E-state index in [0.29, 0.717) is 23.0 Å². The van der Waals surface area contributed by atoms with E-state index in [1.165, 1.54) is 6.07 Å². The predicted octanol–water partition coefficient (Wildman–Crippen LogP) is 3.87. The Morgan fingerprint density at radius 2 is 1.74 bits per heavy atom. The number of piperazine rings is 1. The number of aromatic amines is 1. The summed E-state index contributed by atoms with van der Waals surface area (Å²) in [7, 11) is 3.82. The van der Waals surface area contributed by atoms with Crippen LogP contribution >= 0.6 is 0 Å². The number of nitrogens with one attached hydrogen (secondary N) is 2. The molecule has 0 aliphatic carbocycles. The monoisotopic (exact) mass is 468 g/mol. The fraction of sp³-hybridized carbons (Fsp3) is 0.348. The number of ether oxygens (including phenoxy) is 1. The number of likely N-dealkylation sites (N-methyl/N-ethyl adjacent to an activating group) is 1. The van der Waals surface area contributed by atoms with E-state index < -0.39 is 17.4 Å². The smallest absolute Gasteiger partial charge is 0.326 e.